The molecule has 1 aliphatic heterocycles. The van der Waals surface area contributed by atoms with Gasteiger partial charge in [0.2, 0.25) is 0 Å². The van der Waals surface area contributed by atoms with Crippen LogP contribution in [-0.2, 0) is 6.42 Å². The fraction of sp³-hybridized carbons (Fsp3) is 0.273. The van der Waals surface area contributed by atoms with Crippen LogP contribution in [0.5, 0.6) is 11.5 Å². The molecule has 0 saturated carbocycles. The molecule has 2 nitrogen and oxygen atoms in total. The van der Waals surface area contributed by atoms with Crippen LogP contribution in [0.3, 0.4) is 0 Å². The van der Waals surface area contributed by atoms with E-state index >= 15 is 0 Å². The first-order valence-corrected chi connectivity index (χ1v) is 10.6. The number of thioether (sulfide) groups is 1. The SMILES string of the molecule is C=C(S/C=C(\C)Cc1cc(C)c(I)cc1C)c1ccc2c(c1)OCCO2. The van der Waals surface area contributed by atoms with E-state index in [1.165, 1.54) is 25.8 Å². The van der Waals surface area contributed by atoms with E-state index in [9.17, 15) is 0 Å². The third-order valence-electron chi connectivity index (χ3n) is 4.35. The number of ether oxygens (including phenoxy) is 2. The monoisotopic (exact) mass is 478 g/mol. The van der Waals surface area contributed by atoms with Crippen LogP contribution < -0.4 is 9.47 Å². The van der Waals surface area contributed by atoms with Crippen molar-refractivity contribution in [3.63, 3.8) is 0 Å². The lowest BCUT2D eigenvalue weighted by Gasteiger charge is -2.19. The summed E-state index contributed by atoms with van der Waals surface area (Å²) in [6.45, 7) is 12.0. The Hall–Kier alpha value is -1.40. The topological polar surface area (TPSA) is 18.5 Å². The number of allylic oxidation sites excluding steroid dienone is 1. The molecule has 1 heterocycles. The standard InChI is InChI=1S/C22H23IO2S/c1-14(9-19-10-16(3)20(23)11-15(19)2)13-26-17(4)18-5-6-21-22(12-18)25-8-7-24-21/h5-6,10-13H,4,7-9H2,1-3H3/b14-13+. The van der Waals surface area contributed by atoms with Crippen LogP contribution in [0.25, 0.3) is 4.91 Å². The highest BCUT2D eigenvalue weighted by Gasteiger charge is 2.12. The molecule has 1 aliphatic rings. The first-order valence-electron chi connectivity index (χ1n) is 8.61. The Morgan fingerprint density at radius 3 is 2.62 bits per heavy atom. The first kappa shape index (κ1) is 19.4. The average Bonchev–Trinajstić information content (AvgIpc) is 2.63. The molecule has 136 valence electrons. The number of benzene rings is 2. The molecule has 0 amide bonds. The molecule has 4 heteroatoms. The molecule has 0 spiro atoms. The zero-order valence-corrected chi connectivity index (χ0v) is 18.4. The van der Waals surface area contributed by atoms with Crippen molar-refractivity contribution in [2.24, 2.45) is 0 Å². The largest absolute Gasteiger partial charge is 0.486 e. The number of rotatable bonds is 5. The van der Waals surface area contributed by atoms with E-state index in [1.807, 2.05) is 18.2 Å². The van der Waals surface area contributed by atoms with Gasteiger partial charge in [-0.05, 0) is 102 Å². The molecule has 2 aromatic carbocycles. The van der Waals surface area contributed by atoms with Crippen molar-refractivity contribution in [2.75, 3.05) is 13.2 Å². The molecule has 26 heavy (non-hydrogen) atoms. The normalized spacial score (nSPS) is 13.6. The van der Waals surface area contributed by atoms with Crippen LogP contribution in [-0.4, -0.2) is 13.2 Å². The summed E-state index contributed by atoms with van der Waals surface area (Å²) in [5.74, 6) is 1.62. The van der Waals surface area contributed by atoms with Crippen LogP contribution in [0, 0.1) is 17.4 Å². The van der Waals surface area contributed by atoms with Gasteiger partial charge < -0.3 is 9.47 Å². The number of fused-ring (bicyclic) bond motifs is 1. The molecule has 0 radical (unpaired) electrons. The minimum Gasteiger partial charge on any atom is -0.486 e. The molecular formula is C22H23IO2S. The third-order valence-corrected chi connectivity index (χ3v) is 6.56. The molecule has 0 aromatic heterocycles. The summed E-state index contributed by atoms with van der Waals surface area (Å²) in [6, 6.07) is 10.6. The Labute approximate surface area is 173 Å². The number of hydrogen-bond donors (Lipinski definition) is 0. The van der Waals surface area contributed by atoms with Gasteiger partial charge in [-0.15, -0.1) is 0 Å². The second-order valence-electron chi connectivity index (χ2n) is 6.57. The zero-order chi connectivity index (χ0) is 18.7. The van der Waals surface area contributed by atoms with E-state index in [4.69, 9.17) is 9.47 Å². The number of halogens is 1. The fourth-order valence-electron chi connectivity index (χ4n) is 2.83. The van der Waals surface area contributed by atoms with E-state index < -0.39 is 0 Å². The summed E-state index contributed by atoms with van der Waals surface area (Å²) in [7, 11) is 0. The summed E-state index contributed by atoms with van der Waals surface area (Å²) in [5, 5.41) is 2.20. The van der Waals surface area contributed by atoms with Gasteiger partial charge in [0.05, 0.1) is 0 Å². The lowest BCUT2D eigenvalue weighted by molar-refractivity contribution is 0.171. The van der Waals surface area contributed by atoms with E-state index in [1.54, 1.807) is 11.8 Å². The van der Waals surface area contributed by atoms with Gasteiger partial charge in [-0.3, -0.25) is 0 Å². The van der Waals surface area contributed by atoms with Crippen molar-refractivity contribution >= 4 is 39.3 Å². The van der Waals surface area contributed by atoms with Crippen LogP contribution in [0.15, 0.2) is 47.9 Å². The van der Waals surface area contributed by atoms with E-state index in [2.05, 4.69) is 67.5 Å². The molecule has 3 rings (SSSR count). The highest BCUT2D eigenvalue weighted by atomic mass is 127. The van der Waals surface area contributed by atoms with Gasteiger partial charge >= 0.3 is 0 Å². The van der Waals surface area contributed by atoms with Gasteiger partial charge in [0.25, 0.3) is 0 Å². The maximum atomic E-state index is 5.66. The maximum absolute atomic E-state index is 5.66. The smallest absolute Gasteiger partial charge is 0.161 e. The summed E-state index contributed by atoms with van der Waals surface area (Å²) in [4.78, 5) is 1.01. The summed E-state index contributed by atoms with van der Waals surface area (Å²) in [6.07, 6.45) is 0.963. The van der Waals surface area contributed by atoms with Gasteiger partial charge in [-0.2, -0.15) is 0 Å². The minimum atomic E-state index is 0.601. The van der Waals surface area contributed by atoms with Crippen LogP contribution >= 0.6 is 34.4 Å². The van der Waals surface area contributed by atoms with Gasteiger partial charge in [-0.25, -0.2) is 0 Å². The molecule has 0 fully saturated rings. The highest BCUT2D eigenvalue weighted by molar-refractivity contribution is 14.1. The molecule has 0 bridgehead atoms. The molecule has 0 unspecified atom stereocenters. The molecular weight excluding hydrogens is 455 g/mol. The predicted molar refractivity (Wildman–Crippen MR) is 120 cm³/mol. The lowest BCUT2D eigenvalue weighted by Crippen LogP contribution is -2.15. The molecule has 0 N–H and O–H groups in total. The summed E-state index contributed by atoms with van der Waals surface area (Å²) in [5.41, 5.74) is 6.49. The second-order valence-corrected chi connectivity index (χ2v) is 8.69. The summed E-state index contributed by atoms with van der Waals surface area (Å²) >= 11 is 4.06. The van der Waals surface area contributed by atoms with E-state index in [0.717, 1.165) is 28.4 Å². The van der Waals surface area contributed by atoms with Crippen LogP contribution in [0.1, 0.15) is 29.2 Å². The molecule has 0 atom stereocenters. The van der Waals surface area contributed by atoms with Crippen LogP contribution in [0.2, 0.25) is 0 Å². The fourth-order valence-corrected chi connectivity index (χ4v) is 4.14. The van der Waals surface area contributed by atoms with Gasteiger partial charge in [0.1, 0.15) is 13.2 Å². The first-order chi connectivity index (χ1) is 12.4. The molecule has 2 aromatic rings. The Balaban J connectivity index is 1.67. The quantitative estimate of drug-likeness (QED) is 0.456. The summed E-state index contributed by atoms with van der Waals surface area (Å²) < 4.78 is 12.6. The van der Waals surface area contributed by atoms with Crippen molar-refractivity contribution in [1.29, 1.82) is 0 Å². The maximum Gasteiger partial charge on any atom is 0.161 e. The number of hydrogen-bond acceptors (Lipinski definition) is 3. The number of aryl methyl sites for hydroxylation is 2. The van der Waals surface area contributed by atoms with Crippen molar-refractivity contribution in [3.05, 3.63) is 73.7 Å². The molecule has 0 aliphatic carbocycles. The Morgan fingerprint density at radius 2 is 1.85 bits per heavy atom. The van der Waals surface area contributed by atoms with Gasteiger partial charge in [0.15, 0.2) is 11.5 Å². The van der Waals surface area contributed by atoms with E-state index in [-0.39, 0.29) is 0 Å². The van der Waals surface area contributed by atoms with Gasteiger partial charge in [0, 0.05) is 8.48 Å². The van der Waals surface area contributed by atoms with Crippen molar-refractivity contribution in [1.82, 2.24) is 0 Å². The third kappa shape index (κ3) is 4.65. The lowest BCUT2D eigenvalue weighted by atomic mass is 10.00. The highest BCUT2D eigenvalue weighted by Crippen LogP contribution is 2.36. The minimum absolute atomic E-state index is 0.601. The van der Waals surface area contributed by atoms with Crippen molar-refractivity contribution in [3.8, 4) is 11.5 Å². The Kier molecular flexibility index (Phi) is 6.35. The van der Waals surface area contributed by atoms with Crippen molar-refractivity contribution < 1.29 is 9.47 Å². The second kappa shape index (κ2) is 8.53. The Morgan fingerprint density at radius 1 is 1.12 bits per heavy atom. The predicted octanol–water partition coefficient (Wildman–Crippen LogP) is 6.53. The molecule has 0 saturated heterocycles. The van der Waals surface area contributed by atoms with Crippen molar-refractivity contribution in [2.45, 2.75) is 27.2 Å². The van der Waals surface area contributed by atoms with Crippen LogP contribution in [0.4, 0.5) is 0 Å². The average molecular weight is 478 g/mol. The zero-order valence-electron chi connectivity index (χ0n) is 15.4. The Bertz CT molecular complexity index is 871. The van der Waals surface area contributed by atoms with Gasteiger partial charge in [-0.1, -0.05) is 30.0 Å². The van der Waals surface area contributed by atoms with E-state index in [0.29, 0.717) is 13.2 Å².